The van der Waals surface area contributed by atoms with Crippen LogP contribution in [0.15, 0.2) is 66.7 Å². The predicted molar refractivity (Wildman–Crippen MR) is 123 cm³/mol. The van der Waals surface area contributed by atoms with Crippen LogP contribution < -0.4 is 14.4 Å². The van der Waals surface area contributed by atoms with Gasteiger partial charge in [0.1, 0.15) is 16.9 Å². The molecule has 0 aromatic heterocycles. The third-order valence-electron chi connectivity index (χ3n) is 6.40. The van der Waals surface area contributed by atoms with Crippen LogP contribution in [0.4, 0.5) is 5.69 Å². The largest absolute Gasteiger partial charge is 0.497 e. The Labute approximate surface area is 195 Å². The number of benzene rings is 3. The highest BCUT2D eigenvalue weighted by atomic mass is 35.5. The number of amides is 2. The topological polar surface area (TPSA) is 72.9 Å². The quantitative estimate of drug-likeness (QED) is 0.326. The van der Waals surface area contributed by atoms with Crippen molar-refractivity contribution >= 4 is 35.1 Å². The summed E-state index contributed by atoms with van der Waals surface area (Å²) in [5.41, 5.74) is 0.988. The van der Waals surface area contributed by atoms with Crippen LogP contribution >= 0.6 is 11.6 Å². The van der Waals surface area contributed by atoms with Crippen molar-refractivity contribution < 1.29 is 23.9 Å². The molecular weight excluding hydrogens is 442 g/mol. The third-order valence-corrected chi connectivity index (χ3v) is 6.65. The molecule has 2 aliphatic rings. The Morgan fingerprint density at radius 3 is 2.36 bits per heavy atom. The molecule has 1 saturated heterocycles. The zero-order valence-electron chi connectivity index (χ0n) is 18.0. The van der Waals surface area contributed by atoms with E-state index < -0.39 is 23.2 Å². The maximum absolute atomic E-state index is 13.8. The van der Waals surface area contributed by atoms with Crippen LogP contribution in [0, 0.1) is 12.8 Å². The van der Waals surface area contributed by atoms with E-state index in [1.807, 2.05) is 19.1 Å². The normalized spacial score (nSPS) is 21.8. The lowest BCUT2D eigenvalue weighted by Gasteiger charge is -2.31. The van der Waals surface area contributed by atoms with Crippen molar-refractivity contribution in [1.29, 1.82) is 0 Å². The van der Waals surface area contributed by atoms with E-state index in [4.69, 9.17) is 21.1 Å². The van der Waals surface area contributed by atoms with E-state index in [1.54, 1.807) is 54.6 Å². The number of carbonyl (C=O) groups excluding carboxylic acids is 3. The van der Waals surface area contributed by atoms with E-state index >= 15 is 0 Å². The Kier molecular flexibility index (Phi) is 4.98. The SMILES string of the molecule is COc1ccc2c(c1)[C@@](c1ccc(Cl)cc1)([C@@H]1CC(=O)N(c3ccc(C)cc3)C1=O)C(=O)O2. The molecule has 2 heterocycles. The number of nitrogens with zero attached hydrogens (tertiary/aromatic N) is 1. The lowest BCUT2D eigenvalue weighted by atomic mass is 9.65. The lowest BCUT2D eigenvalue weighted by Crippen LogP contribution is -2.46. The molecule has 0 radical (unpaired) electrons. The number of rotatable bonds is 4. The lowest BCUT2D eigenvalue weighted by molar-refractivity contribution is -0.141. The van der Waals surface area contributed by atoms with Crippen molar-refractivity contribution in [3.63, 3.8) is 0 Å². The van der Waals surface area contributed by atoms with Crippen molar-refractivity contribution in [2.75, 3.05) is 12.0 Å². The van der Waals surface area contributed by atoms with Gasteiger partial charge in [-0.25, -0.2) is 0 Å². The maximum Gasteiger partial charge on any atom is 0.327 e. The number of hydrogen-bond acceptors (Lipinski definition) is 5. The monoisotopic (exact) mass is 461 g/mol. The van der Waals surface area contributed by atoms with Gasteiger partial charge in [-0.15, -0.1) is 0 Å². The fraction of sp³-hybridized carbons (Fsp3) is 0.192. The van der Waals surface area contributed by atoms with E-state index in [2.05, 4.69) is 0 Å². The summed E-state index contributed by atoms with van der Waals surface area (Å²) in [5.74, 6) is -1.57. The Balaban J connectivity index is 1.71. The van der Waals surface area contributed by atoms with Crippen LogP contribution in [-0.2, 0) is 19.8 Å². The summed E-state index contributed by atoms with van der Waals surface area (Å²) >= 11 is 6.11. The Hall–Kier alpha value is -3.64. The van der Waals surface area contributed by atoms with Crippen LogP contribution in [0.1, 0.15) is 23.1 Å². The molecule has 3 aromatic rings. The van der Waals surface area contributed by atoms with Crippen molar-refractivity contribution in [1.82, 2.24) is 0 Å². The molecule has 6 nitrogen and oxygen atoms in total. The van der Waals surface area contributed by atoms with Gasteiger partial charge in [0.25, 0.3) is 0 Å². The molecule has 0 aliphatic carbocycles. The molecule has 7 heteroatoms. The molecule has 3 aromatic carbocycles. The second-order valence-corrected chi connectivity index (χ2v) is 8.66. The smallest absolute Gasteiger partial charge is 0.327 e. The second-order valence-electron chi connectivity index (χ2n) is 8.23. The first-order valence-electron chi connectivity index (χ1n) is 10.5. The first-order chi connectivity index (χ1) is 15.9. The molecule has 2 amide bonds. The highest BCUT2D eigenvalue weighted by molar-refractivity contribution is 6.30. The minimum Gasteiger partial charge on any atom is -0.497 e. The van der Waals surface area contributed by atoms with Gasteiger partial charge in [-0.3, -0.25) is 19.3 Å². The summed E-state index contributed by atoms with van der Waals surface area (Å²) in [7, 11) is 1.52. The summed E-state index contributed by atoms with van der Waals surface area (Å²) in [5, 5.41) is 0.487. The average molecular weight is 462 g/mol. The van der Waals surface area contributed by atoms with Gasteiger partial charge in [0.2, 0.25) is 11.8 Å². The summed E-state index contributed by atoms with van der Waals surface area (Å²) in [4.78, 5) is 41.6. The van der Waals surface area contributed by atoms with Crippen molar-refractivity contribution in [3.8, 4) is 11.5 Å². The number of hydrogen-bond donors (Lipinski definition) is 0. The highest BCUT2D eigenvalue weighted by Crippen LogP contribution is 2.53. The molecule has 5 rings (SSSR count). The second kappa shape index (κ2) is 7.74. The Morgan fingerprint density at radius 2 is 1.70 bits per heavy atom. The predicted octanol–water partition coefficient (Wildman–Crippen LogP) is 4.44. The highest BCUT2D eigenvalue weighted by Gasteiger charge is 2.62. The van der Waals surface area contributed by atoms with Gasteiger partial charge in [-0.2, -0.15) is 0 Å². The van der Waals surface area contributed by atoms with Crippen LogP contribution in [0.3, 0.4) is 0 Å². The minimum absolute atomic E-state index is 0.138. The van der Waals surface area contributed by atoms with Crippen LogP contribution in [0.5, 0.6) is 11.5 Å². The summed E-state index contributed by atoms with van der Waals surface area (Å²) in [6, 6.07) is 18.9. The fourth-order valence-corrected chi connectivity index (χ4v) is 4.90. The van der Waals surface area contributed by atoms with Gasteiger partial charge in [-0.05, 0) is 55.0 Å². The number of imide groups is 1. The Bertz CT molecular complexity index is 1290. The summed E-state index contributed by atoms with van der Waals surface area (Å²) < 4.78 is 11.0. The number of aryl methyl sites for hydroxylation is 1. The van der Waals surface area contributed by atoms with Gasteiger partial charge in [0.05, 0.1) is 18.7 Å². The van der Waals surface area contributed by atoms with Gasteiger partial charge in [-0.1, -0.05) is 41.4 Å². The molecule has 0 bridgehead atoms. The summed E-state index contributed by atoms with van der Waals surface area (Å²) in [6.45, 7) is 1.93. The van der Waals surface area contributed by atoms with Crippen LogP contribution in [0.2, 0.25) is 5.02 Å². The average Bonchev–Trinajstić information content (AvgIpc) is 3.27. The standard InChI is InChI=1S/C26H20ClNO5/c1-15-3-9-18(10-4-15)28-23(29)14-21(24(28)30)26(16-5-7-17(27)8-6-16)20-13-19(32-2)11-12-22(20)33-25(26)31/h3-13,21H,14H2,1-2H3/t21-,26+/m1/s1. The van der Waals surface area contributed by atoms with Gasteiger partial charge < -0.3 is 9.47 Å². The van der Waals surface area contributed by atoms with Gasteiger partial charge in [0, 0.05) is 17.0 Å². The molecule has 166 valence electrons. The van der Waals surface area contributed by atoms with E-state index in [9.17, 15) is 14.4 Å². The van der Waals surface area contributed by atoms with Crippen molar-refractivity contribution in [3.05, 3.63) is 88.4 Å². The maximum atomic E-state index is 13.8. The molecule has 1 fully saturated rings. The van der Waals surface area contributed by atoms with E-state index in [1.165, 1.54) is 7.11 Å². The van der Waals surface area contributed by atoms with E-state index in [0.29, 0.717) is 33.3 Å². The number of esters is 1. The minimum atomic E-state index is -1.51. The molecule has 33 heavy (non-hydrogen) atoms. The molecular formula is C26H20ClNO5. The van der Waals surface area contributed by atoms with Gasteiger partial charge >= 0.3 is 5.97 Å². The van der Waals surface area contributed by atoms with E-state index in [0.717, 1.165) is 10.5 Å². The number of halogens is 1. The molecule has 0 saturated carbocycles. The first kappa shape index (κ1) is 21.2. The number of fused-ring (bicyclic) bond motifs is 1. The molecule has 0 unspecified atom stereocenters. The summed E-state index contributed by atoms with van der Waals surface area (Å²) in [6.07, 6.45) is -0.138. The fourth-order valence-electron chi connectivity index (χ4n) is 4.78. The third kappa shape index (κ3) is 3.13. The van der Waals surface area contributed by atoms with Crippen molar-refractivity contribution in [2.45, 2.75) is 18.8 Å². The first-order valence-corrected chi connectivity index (χ1v) is 10.8. The number of carbonyl (C=O) groups is 3. The molecule has 0 N–H and O–H groups in total. The van der Waals surface area contributed by atoms with Crippen LogP contribution in [-0.4, -0.2) is 24.9 Å². The van der Waals surface area contributed by atoms with Crippen LogP contribution in [0.25, 0.3) is 0 Å². The molecule has 2 aliphatic heterocycles. The molecule has 0 spiro atoms. The van der Waals surface area contributed by atoms with E-state index in [-0.39, 0.29) is 12.3 Å². The zero-order valence-corrected chi connectivity index (χ0v) is 18.8. The van der Waals surface area contributed by atoms with Crippen molar-refractivity contribution in [2.24, 2.45) is 5.92 Å². The Morgan fingerprint density at radius 1 is 1.00 bits per heavy atom. The number of methoxy groups -OCH3 is 1. The molecule has 2 atom stereocenters. The van der Waals surface area contributed by atoms with Gasteiger partial charge in [0.15, 0.2) is 0 Å². The zero-order chi connectivity index (χ0) is 23.3. The number of anilines is 1. The number of ether oxygens (including phenoxy) is 2.